The molecule has 3 unspecified atom stereocenters. The molecule has 0 saturated carbocycles. The largest absolute Gasteiger partial charge is 0.388 e. The zero-order valence-electron chi connectivity index (χ0n) is 9.57. The molecule has 17 heavy (non-hydrogen) atoms. The summed E-state index contributed by atoms with van der Waals surface area (Å²) in [6.45, 7) is 0.234. The lowest BCUT2D eigenvalue weighted by Gasteiger charge is -2.14. The Balaban J connectivity index is 1.85. The van der Waals surface area contributed by atoms with Crippen LogP contribution in [-0.4, -0.2) is 47.1 Å². The number of ether oxygens (including phenoxy) is 1. The van der Waals surface area contributed by atoms with E-state index in [2.05, 4.69) is 24.3 Å². The second-order valence-corrected chi connectivity index (χ2v) is 5.89. The van der Waals surface area contributed by atoms with Crippen molar-refractivity contribution in [2.75, 3.05) is 18.6 Å². The van der Waals surface area contributed by atoms with E-state index in [9.17, 15) is 10.2 Å². The molecule has 0 radical (unpaired) electrons. The highest BCUT2D eigenvalue weighted by atomic mass is 32.2. The Morgan fingerprint density at radius 1 is 1.24 bits per heavy atom. The highest BCUT2D eigenvalue weighted by molar-refractivity contribution is 7.99. The zero-order chi connectivity index (χ0) is 12.3. The Labute approximate surface area is 110 Å². The molecule has 0 bridgehead atoms. The fourth-order valence-corrected chi connectivity index (χ4v) is 3.05. The van der Waals surface area contributed by atoms with Gasteiger partial charge in [0.15, 0.2) is 0 Å². The van der Waals surface area contributed by atoms with Gasteiger partial charge in [-0.15, -0.1) is 23.5 Å². The lowest BCUT2D eigenvalue weighted by molar-refractivity contribution is 0.0337. The lowest BCUT2D eigenvalue weighted by atomic mass is 10.2. The molecule has 1 heterocycles. The van der Waals surface area contributed by atoms with Crippen molar-refractivity contribution >= 4 is 23.5 Å². The molecule has 3 nitrogen and oxygen atoms in total. The normalized spacial score (nSPS) is 28.5. The Morgan fingerprint density at radius 2 is 1.88 bits per heavy atom. The maximum Gasteiger partial charge on any atom is 0.109 e. The van der Waals surface area contributed by atoms with E-state index in [0.717, 1.165) is 4.90 Å². The van der Waals surface area contributed by atoms with E-state index in [0.29, 0.717) is 5.75 Å². The molecular weight excluding hydrogens is 256 g/mol. The van der Waals surface area contributed by atoms with Crippen molar-refractivity contribution < 1.29 is 14.9 Å². The minimum Gasteiger partial charge on any atom is -0.388 e. The highest BCUT2D eigenvalue weighted by Crippen LogP contribution is 2.26. The molecular formula is C12H16O3S2. The van der Waals surface area contributed by atoms with Gasteiger partial charge in [-0.25, -0.2) is 0 Å². The number of aliphatic hydroxyl groups excluding tert-OH is 2. The van der Waals surface area contributed by atoms with Crippen molar-refractivity contribution in [2.45, 2.75) is 28.1 Å². The van der Waals surface area contributed by atoms with Crippen LogP contribution in [0.3, 0.4) is 0 Å². The first kappa shape index (κ1) is 13.2. The Kier molecular flexibility index (Phi) is 4.76. The predicted octanol–water partition coefficient (Wildman–Crippen LogP) is 1.62. The molecule has 2 rings (SSSR count). The number of hydrogen-bond donors (Lipinski definition) is 2. The Bertz CT molecular complexity index is 355. The van der Waals surface area contributed by atoms with Crippen molar-refractivity contribution in [3.05, 3.63) is 24.3 Å². The fourth-order valence-electron chi connectivity index (χ4n) is 1.66. The molecule has 94 valence electrons. The summed E-state index contributed by atoms with van der Waals surface area (Å²) < 4.78 is 5.32. The van der Waals surface area contributed by atoms with Crippen LogP contribution in [0.5, 0.6) is 0 Å². The summed E-state index contributed by atoms with van der Waals surface area (Å²) in [6.07, 6.45) is 0.286. The van der Waals surface area contributed by atoms with Crippen LogP contribution < -0.4 is 0 Å². The monoisotopic (exact) mass is 272 g/mol. The molecule has 1 saturated heterocycles. The molecule has 1 aromatic rings. The third-order valence-corrected chi connectivity index (χ3v) is 4.57. The van der Waals surface area contributed by atoms with Crippen LogP contribution in [0.1, 0.15) is 0 Å². The van der Waals surface area contributed by atoms with Gasteiger partial charge >= 0.3 is 0 Å². The van der Waals surface area contributed by atoms with Crippen molar-refractivity contribution in [1.82, 2.24) is 0 Å². The second kappa shape index (κ2) is 6.11. The predicted molar refractivity (Wildman–Crippen MR) is 70.7 cm³/mol. The van der Waals surface area contributed by atoms with Crippen LogP contribution in [-0.2, 0) is 4.74 Å². The van der Waals surface area contributed by atoms with Gasteiger partial charge in [-0.3, -0.25) is 0 Å². The molecule has 1 fully saturated rings. The summed E-state index contributed by atoms with van der Waals surface area (Å²) in [5, 5.41) is 19.0. The Morgan fingerprint density at radius 3 is 2.41 bits per heavy atom. The number of hydrogen-bond acceptors (Lipinski definition) is 5. The van der Waals surface area contributed by atoms with E-state index in [1.807, 2.05) is 6.26 Å². The second-order valence-electron chi connectivity index (χ2n) is 3.92. The minimum absolute atomic E-state index is 0.234. The molecule has 1 aliphatic heterocycles. The standard InChI is InChI=1S/C12H16O3S2/c1-16-8-2-4-9(5-3-8)17-7-11-12(14)10(13)6-15-11/h2-5,10-14H,6-7H2,1H3. The smallest absolute Gasteiger partial charge is 0.109 e. The van der Waals surface area contributed by atoms with Gasteiger partial charge in [-0.05, 0) is 30.5 Å². The summed E-state index contributed by atoms with van der Waals surface area (Å²) in [6, 6.07) is 8.28. The van der Waals surface area contributed by atoms with Crippen molar-refractivity contribution in [3.8, 4) is 0 Å². The zero-order valence-corrected chi connectivity index (χ0v) is 11.2. The van der Waals surface area contributed by atoms with Crippen LogP contribution in [0.4, 0.5) is 0 Å². The van der Waals surface area contributed by atoms with Crippen LogP contribution in [0.2, 0.25) is 0 Å². The first-order valence-electron chi connectivity index (χ1n) is 5.45. The number of benzene rings is 1. The van der Waals surface area contributed by atoms with Gasteiger partial charge < -0.3 is 14.9 Å². The topological polar surface area (TPSA) is 49.7 Å². The van der Waals surface area contributed by atoms with Gasteiger partial charge in [0.25, 0.3) is 0 Å². The quantitative estimate of drug-likeness (QED) is 0.816. The third-order valence-electron chi connectivity index (χ3n) is 2.73. The van der Waals surface area contributed by atoms with Gasteiger partial charge in [0.05, 0.1) is 12.7 Å². The van der Waals surface area contributed by atoms with E-state index >= 15 is 0 Å². The number of rotatable bonds is 4. The molecule has 1 aromatic carbocycles. The maximum absolute atomic E-state index is 9.63. The molecule has 0 aromatic heterocycles. The lowest BCUT2D eigenvalue weighted by Crippen LogP contribution is -2.31. The summed E-state index contributed by atoms with van der Waals surface area (Å²) >= 11 is 3.35. The highest BCUT2D eigenvalue weighted by Gasteiger charge is 2.34. The average molecular weight is 272 g/mol. The Hall–Kier alpha value is -0.200. The van der Waals surface area contributed by atoms with Crippen molar-refractivity contribution in [2.24, 2.45) is 0 Å². The summed E-state index contributed by atoms with van der Waals surface area (Å²) in [4.78, 5) is 2.39. The minimum atomic E-state index is -0.757. The molecule has 2 N–H and O–H groups in total. The van der Waals surface area contributed by atoms with E-state index in [1.165, 1.54) is 4.90 Å². The van der Waals surface area contributed by atoms with E-state index < -0.39 is 12.2 Å². The van der Waals surface area contributed by atoms with Crippen molar-refractivity contribution in [1.29, 1.82) is 0 Å². The fraction of sp³-hybridized carbons (Fsp3) is 0.500. The first-order valence-corrected chi connectivity index (χ1v) is 7.66. The van der Waals surface area contributed by atoms with Gasteiger partial charge in [-0.1, -0.05) is 0 Å². The van der Waals surface area contributed by atoms with E-state index in [-0.39, 0.29) is 12.7 Å². The van der Waals surface area contributed by atoms with Gasteiger partial charge in [0.1, 0.15) is 12.2 Å². The average Bonchev–Trinajstić information content (AvgIpc) is 2.68. The molecule has 1 aliphatic rings. The number of thioether (sulfide) groups is 2. The van der Waals surface area contributed by atoms with Crippen LogP contribution in [0.15, 0.2) is 34.1 Å². The van der Waals surface area contributed by atoms with Gasteiger partial charge in [0, 0.05) is 15.5 Å². The van der Waals surface area contributed by atoms with Crippen molar-refractivity contribution in [3.63, 3.8) is 0 Å². The molecule has 0 aliphatic carbocycles. The summed E-state index contributed by atoms with van der Waals surface area (Å²) in [7, 11) is 0. The third kappa shape index (κ3) is 3.39. The molecule has 5 heteroatoms. The van der Waals surface area contributed by atoms with E-state index in [1.54, 1.807) is 23.5 Å². The van der Waals surface area contributed by atoms with Crippen LogP contribution >= 0.6 is 23.5 Å². The first-order chi connectivity index (χ1) is 8.20. The summed E-state index contributed by atoms with van der Waals surface area (Å²) in [5.41, 5.74) is 0. The molecule has 0 amide bonds. The van der Waals surface area contributed by atoms with Gasteiger partial charge in [-0.2, -0.15) is 0 Å². The van der Waals surface area contributed by atoms with E-state index in [4.69, 9.17) is 4.74 Å². The molecule has 3 atom stereocenters. The maximum atomic E-state index is 9.63. The summed E-state index contributed by atoms with van der Waals surface area (Å²) in [5.74, 6) is 0.664. The van der Waals surface area contributed by atoms with Crippen LogP contribution in [0, 0.1) is 0 Å². The van der Waals surface area contributed by atoms with Gasteiger partial charge in [0.2, 0.25) is 0 Å². The van der Waals surface area contributed by atoms with Crippen LogP contribution in [0.25, 0.3) is 0 Å². The molecule has 0 spiro atoms. The number of aliphatic hydroxyl groups is 2. The SMILES string of the molecule is CSc1ccc(SCC2OCC(O)C2O)cc1.